The van der Waals surface area contributed by atoms with Crippen LogP contribution in [0.3, 0.4) is 0 Å². The second-order valence-electron chi connectivity index (χ2n) is 5.63. The second-order valence-corrected chi connectivity index (χ2v) is 5.63. The molecular weight excluding hydrogens is 335 g/mol. The van der Waals surface area contributed by atoms with Crippen molar-refractivity contribution in [1.29, 1.82) is 0 Å². The van der Waals surface area contributed by atoms with Gasteiger partial charge in [0.1, 0.15) is 11.6 Å². The Bertz CT molecular complexity index is 1130. The molecule has 0 N–H and O–H groups in total. The summed E-state index contributed by atoms with van der Waals surface area (Å²) in [5.74, 6) is 0.777. The minimum absolute atomic E-state index is 0.167. The molecule has 6 nitrogen and oxygen atoms in total. The molecule has 0 saturated carbocycles. The maximum atomic E-state index is 13.5. The van der Waals surface area contributed by atoms with Crippen LogP contribution in [0.4, 0.5) is 4.39 Å². The van der Waals surface area contributed by atoms with Gasteiger partial charge in [0.15, 0.2) is 5.82 Å². The molecule has 0 amide bonds. The summed E-state index contributed by atoms with van der Waals surface area (Å²) in [6.45, 7) is 2.49. The zero-order valence-corrected chi connectivity index (χ0v) is 14.0. The van der Waals surface area contributed by atoms with Gasteiger partial charge in [-0.15, -0.1) is 10.2 Å². The van der Waals surface area contributed by atoms with Crippen LogP contribution in [0.25, 0.3) is 22.7 Å². The molecule has 0 unspecified atom stereocenters. The van der Waals surface area contributed by atoms with E-state index in [9.17, 15) is 9.18 Å². The fraction of sp³-hybridized carbons (Fsp3) is 0.105. The molecular formula is C19H15FN4O2. The van der Waals surface area contributed by atoms with Crippen molar-refractivity contribution in [2.45, 2.75) is 6.92 Å². The maximum Gasteiger partial charge on any atom is 0.300 e. The average Bonchev–Trinajstić information content (AvgIpc) is 3.08. The standard InChI is InChI=1S/C19H15FN4O2/c1-2-26-16-8-6-15(7-9-16)23-10-11-24-17(21-22-18(24)19(23)25)13-4-3-5-14(20)12-13/h3-12H,2H2,1H3. The SMILES string of the molecule is CCOc1ccc(-n2ccn3c(-c4cccc(F)c4)nnc3c2=O)cc1. The highest BCUT2D eigenvalue weighted by Gasteiger charge is 2.13. The summed E-state index contributed by atoms with van der Waals surface area (Å²) in [5.41, 5.74) is 1.10. The molecule has 2 aromatic carbocycles. The van der Waals surface area contributed by atoms with E-state index >= 15 is 0 Å². The first-order chi connectivity index (χ1) is 12.7. The summed E-state index contributed by atoms with van der Waals surface area (Å²) >= 11 is 0. The number of rotatable bonds is 4. The van der Waals surface area contributed by atoms with Crippen LogP contribution in [0.15, 0.2) is 65.7 Å². The van der Waals surface area contributed by atoms with Gasteiger partial charge in [0.25, 0.3) is 0 Å². The Labute approximate surface area is 148 Å². The van der Waals surface area contributed by atoms with Crippen LogP contribution >= 0.6 is 0 Å². The van der Waals surface area contributed by atoms with Gasteiger partial charge in [-0.1, -0.05) is 12.1 Å². The van der Waals surface area contributed by atoms with E-state index in [4.69, 9.17) is 4.74 Å². The van der Waals surface area contributed by atoms with E-state index in [-0.39, 0.29) is 17.0 Å². The highest BCUT2D eigenvalue weighted by Crippen LogP contribution is 2.19. The molecule has 0 aliphatic carbocycles. The van der Waals surface area contributed by atoms with Gasteiger partial charge < -0.3 is 4.74 Å². The van der Waals surface area contributed by atoms with Crippen LogP contribution in [0.2, 0.25) is 0 Å². The van der Waals surface area contributed by atoms with Crippen LogP contribution in [0.5, 0.6) is 5.75 Å². The number of hydrogen-bond donors (Lipinski definition) is 0. The fourth-order valence-electron chi connectivity index (χ4n) is 2.78. The van der Waals surface area contributed by atoms with E-state index < -0.39 is 0 Å². The summed E-state index contributed by atoms with van der Waals surface area (Å²) in [4.78, 5) is 12.8. The van der Waals surface area contributed by atoms with E-state index in [2.05, 4.69) is 10.2 Å². The van der Waals surface area contributed by atoms with Crippen LogP contribution in [-0.2, 0) is 0 Å². The summed E-state index contributed by atoms with van der Waals surface area (Å²) in [6, 6.07) is 13.2. The zero-order chi connectivity index (χ0) is 18.1. The molecule has 0 atom stereocenters. The minimum Gasteiger partial charge on any atom is -0.494 e. The highest BCUT2D eigenvalue weighted by atomic mass is 19.1. The molecule has 26 heavy (non-hydrogen) atoms. The topological polar surface area (TPSA) is 61.4 Å². The van der Waals surface area contributed by atoms with Gasteiger partial charge in [-0.2, -0.15) is 0 Å². The Balaban J connectivity index is 1.80. The molecule has 2 heterocycles. The molecule has 4 aromatic rings. The molecule has 0 saturated heterocycles. The monoisotopic (exact) mass is 350 g/mol. The van der Waals surface area contributed by atoms with Gasteiger partial charge >= 0.3 is 5.56 Å². The van der Waals surface area contributed by atoms with Gasteiger partial charge in [0, 0.05) is 23.6 Å². The number of hydrogen-bond acceptors (Lipinski definition) is 4. The zero-order valence-electron chi connectivity index (χ0n) is 14.0. The normalized spacial score (nSPS) is 11.0. The van der Waals surface area contributed by atoms with Gasteiger partial charge in [-0.05, 0) is 43.3 Å². The first-order valence-corrected chi connectivity index (χ1v) is 8.13. The Morgan fingerprint density at radius 1 is 1.08 bits per heavy atom. The van der Waals surface area contributed by atoms with E-state index in [1.165, 1.54) is 16.7 Å². The van der Waals surface area contributed by atoms with Crippen molar-refractivity contribution in [3.8, 4) is 22.8 Å². The van der Waals surface area contributed by atoms with Crippen molar-refractivity contribution in [1.82, 2.24) is 19.2 Å². The molecule has 130 valence electrons. The van der Waals surface area contributed by atoms with Crippen molar-refractivity contribution in [3.05, 3.63) is 77.1 Å². The third-order valence-corrected chi connectivity index (χ3v) is 3.98. The third-order valence-electron chi connectivity index (χ3n) is 3.98. The van der Waals surface area contributed by atoms with Gasteiger partial charge in [-0.3, -0.25) is 13.8 Å². The number of benzene rings is 2. The Morgan fingerprint density at radius 2 is 1.88 bits per heavy atom. The third kappa shape index (κ3) is 2.73. The van der Waals surface area contributed by atoms with Crippen LogP contribution in [0.1, 0.15) is 6.92 Å². The lowest BCUT2D eigenvalue weighted by Crippen LogP contribution is -2.20. The van der Waals surface area contributed by atoms with Crippen LogP contribution in [-0.4, -0.2) is 25.8 Å². The quantitative estimate of drug-likeness (QED) is 0.567. The first-order valence-electron chi connectivity index (χ1n) is 8.13. The van der Waals surface area contributed by atoms with Crippen LogP contribution in [0, 0.1) is 5.82 Å². The lowest BCUT2D eigenvalue weighted by atomic mass is 10.2. The Kier molecular flexibility index (Phi) is 3.96. The number of fused-ring (bicyclic) bond motifs is 1. The van der Waals surface area contributed by atoms with E-state index in [1.54, 1.807) is 53.2 Å². The van der Waals surface area contributed by atoms with Crippen molar-refractivity contribution in [3.63, 3.8) is 0 Å². The number of aromatic nitrogens is 4. The lowest BCUT2D eigenvalue weighted by Gasteiger charge is -2.08. The largest absolute Gasteiger partial charge is 0.494 e. The molecule has 0 spiro atoms. The Morgan fingerprint density at radius 3 is 2.62 bits per heavy atom. The van der Waals surface area contributed by atoms with Crippen molar-refractivity contribution in [2.24, 2.45) is 0 Å². The highest BCUT2D eigenvalue weighted by molar-refractivity contribution is 5.59. The van der Waals surface area contributed by atoms with Crippen LogP contribution < -0.4 is 10.3 Å². The molecule has 0 fully saturated rings. The lowest BCUT2D eigenvalue weighted by molar-refractivity contribution is 0.340. The molecule has 2 aromatic heterocycles. The minimum atomic E-state index is -0.373. The Hall–Kier alpha value is -3.48. The number of ether oxygens (including phenoxy) is 1. The summed E-state index contributed by atoms with van der Waals surface area (Å²) in [7, 11) is 0. The van der Waals surface area contributed by atoms with Gasteiger partial charge in [0.05, 0.1) is 6.61 Å². The van der Waals surface area contributed by atoms with Gasteiger partial charge in [-0.25, -0.2) is 4.39 Å². The predicted octanol–water partition coefficient (Wildman–Crippen LogP) is 3.09. The number of nitrogens with zero attached hydrogens (tertiary/aromatic N) is 4. The fourth-order valence-corrected chi connectivity index (χ4v) is 2.78. The van der Waals surface area contributed by atoms with E-state index in [1.807, 2.05) is 6.92 Å². The molecule has 7 heteroatoms. The van der Waals surface area contributed by atoms with Crippen molar-refractivity contribution >= 4 is 5.65 Å². The average molecular weight is 350 g/mol. The first kappa shape index (κ1) is 16.0. The van der Waals surface area contributed by atoms with Crippen molar-refractivity contribution < 1.29 is 9.13 Å². The second kappa shape index (κ2) is 6.44. The van der Waals surface area contributed by atoms with Crippen molar-refractivity contribution in [2.75, 3.05) is 6.61 Å². The molecule has 0 bridgehead atoms. The molecule has 0 aliphatic heterocycles. The summed E-state index contributed by atoms with van der Waals surface area (Å²) in [5, 5.41) is 8.04. The summed E-state index contributed by atoms with van der Waals surface area (Å²) < 4.78 is 21.9. The molecule has 0 radical (unpaired) electrons. The maximum absolute atomic E-state index is 13.5. The predicted molar refractivity (Wildman–Crippen MR) is 95.1 cm³/mol. The number of halogens is 1. The smallest absolute Gasteiger partial charge is 0.300 e. The van der Waals surface area contributed by atoms with Gasteiger partial charge in [0.2, 0.25) is 5.65 Å². The molecule has 4 rings (SSSR count). The molecule has 0 aliphatic rings. The van der Waals surface area contributed by atoms with E-state index in [0.29, 0.717) is 23.7 Å². The summed E-state index contributed by atoms with van der Waals surface area (Å²) in [6.07, 6.45) is 3.32. The van der Waals surface area contributed by atoms with E-state index in [0.717, 1.165) is 5.75 Å².